The Morgan fingerprint density at radius 3 is 2.23 bits per heavy atom. The van der Waals surface area contributed by atoms with Gasteiger partial charge in [-0.1, -0.05) is 41.4 Å². The Labute approximate surface area is 147 Å². The summed E-state index contributed by atoms with van der Waals surface area (Å²) in [5.41, 5.74) is -0.255. The van der Waals surface area contributed by atoms with Gasteiger partial charge in [-0.25, -0.2) is 0 Å². The smallest absolute Gasteiger partial charge is 0.282 e. The Hall–Kier alpha value is -0.590. The highest BCUT2D eigenvalue weighted by molar-refractivity contribution is 7.90. The Bertz CT molecular complexity index is 785. The molecule has 2 atom stereocenters. The minimum Gasteiger partial charge on any atom is -0.291 e. The van der Waals surface area contributed by atoms with Gasteiger partial charge in [0.25, 0.3) is 10.0 Å². The molecule has 0 spiro atoms. The number of Topliss-reactive ketones (excluding diaryl/α,β-unsaturated/α-hetero) is 1. The molecule has 0 saturated heterocycles. The SMILES string of the molecule is C[C@@]1(Cl)C(=O)C(Cl)=C(Cl)C(=NS(=O)(=O)c2ccccc2)[C@H]1Cl. The first-order valence-corrected chi connectivity index (χ1v) is 8.93. The van der Waals surface area contributed by atoms with Crippen LogP contribution >= 0.6 is 46.4 Å². The van der Waals surface area contributed by atoms with Crippen molar-refractivity contribution in [3.8, 4) is 0 Å². The van der Waals surface area contributed by atoms with Crippen LogP contribution in [0.25, 0.3) is 0 Å². The fraction of sp³-hybridized carbons (Fsp3) is 0.231. The van der Waals surface area contributed by atoms with Crippen LogP contribution in [0, 0.1) is 0 Å². The molecule has 0 fully saturated rings. The number of carbonyl (C=O) groups is 1. The van der Waals surface area contributed by atoms with Crippen LogP contribution in [-0.4, -0.2) is 30.2 Å². The molecule has 118 valence electrons. The van der Waals surface area contributed by atoms with E-state index in [4.69, 9.17) is 46.4 Å². The second-order valence-corrected chi connectivity index (χ2v) is 8.24. The third kappa shape index (κ3) is 3.05. The van der Waals surface area contributed by atoms with Gasteiger partial charge in [-0.2, -0.15) is 12.8 Å². The lowest BCUT2D eigenvalue weighted by Gasteiger charge is -2.31. The number of hydrogen-bond donors (Lipinski definition) is 0. The van der Waals surface area contributed by atoms with E-state index in [1.165, 1.54) is 19.1 Å². The molecular formula is C13H9Cl4NO3S. The predicted molar refractivity (Wildman–Crippen MR) is 88.7 cm³/mol. The molecule has 0 heterocycles. The molecule has 0 bridgehead atoms. The Kier molecular flexibility index (Phi) is 4.95. The van der Waals surface area contributed by atoms with Gasteiger partial charge in [-0.3, -0.25) is 4.79 Å². The van der Waals surface area contributed by atoms with E-state index in [1.807, 2.05) is 0 Å². The van der Waals surface area contributed by atoms with Crippen molar-refractivity contribution < 1.29 is 13.2 Å². The second kappa shape index (κ2) is 6.13. The minimum absolute atomic E-state index is 0.0415. The third-order valence-electron chi connectivity index (χ3n) is 3.04. The van der Waals surface area contributed by atoms with Gasteiger partial charge in [0.2, 0.25) is 0 Å². The number of rotatable bonds is 2. The molecule has 0 radical (unpaired) electrons. The van der Waals surface area contributed by atoms with Crippen LogP contribution in [0.15, 0.2) is 49.7 Å². The summed E-state index contributed by atoms with van der Waals surface area (Å²) in [4.78, 5) is 10.3. The Morgan fingerprint density at radius 1 is 1.14 bits per heavy atom. The van der Waals surface area contributed by atoms with Gasteiger partial charge in [0, 0.05) is 0 Å². The lowest BCUT2D eigenvalue weighted by atomic mass is 9.91. The van der Waals surface area contributed by atoms with Crippen LogP contribution in [0.1, 0.15) is 6.92 Å². The summed E-state index contributed by atoms with van der Waals surface area (Å²) in [6, 6.07) is 7.50. The Balaban J connectivity index is 2.63. The summed E-state index contributed by atoms with van der Waals surface area (Å²) in [5.74, 6) is -0.683. The van der Waals surface area contributed by atoms with Crippen molar-refractivity contribution in [1.29, 1.82) is 0 Å². The molecule has 9 heteroatoms. The number of ketones is 1. The van der Waals surface area contributed by atoms with Crippen molar-refractivity contribution >= 4 is 67.9 Å². The van der Waals surface area contributed by atoms with Crippen molar-refractivity contribution in [3.63, 3.8) is 0 Å². The van der Waals surface area contributed by atoms with Crippen LogP contribution in [-0.2, 0) is 14.8 Å². The number of alkyl halides is 2. The second-order valence-electron chi connectivity index (χ2n) is 4.66. The van der Waals surface area contributed by atoms with Crippen LogP contribution in [0.4, 0.5) is 0 Å². The monoisotopic (exact) mass is 399 g/mol. The topological polar surface area (TPSA) is 63.6 Å². The molecule has 1 aliphatic carbocycles. The van der Waals surface area contributed by atoms with Gasteiger partial charge in [0.05, 0.1) is 15.6 Å². The zero-order chi connectivity index (χ0) is 16.7. The number of carbonyl (C=O) groups excluding carboxylic acids is 1. The summed E-state index contributed by atoms with van der Waals surface area (Å²) in [5, 5.41) is -1.95. The van der Waals surface area contributed by atoms with E-state index < -0.39 is 31.1 Å². The van der Waals surface area contributed by atoms with Crippen molar-refractivity contribution in [3.05, 3.63) is 40.4 Å². The standard InChI is InChI=1S/C13H9Cl4NO3S/c1-13(17)11(16)10(8(14)9(15)12(13)19)18-22(20,21)7-5-3-2-4-6-7/h2-6,11H,1H3/t11-,13+/m1/s1. The number of allylic oxidation sites excluding steroid dienone is 2. The van der Waals surface area contributed by atoms with Gasteiger partial charge in [0.1, 0.15) is 15.3 Å². The van der Waals surface area contributed by atoms with Crippen molar-refractivity contribution in [1.82, 2.24) is 0 Å². The lowest BCUT2D eigenvalue weighted by Crippen LogP contribution is -2.47. The molecule has 1 aromatic carbocycles. The zero-order valence-electron chi connectivity index (χ0n) is 11.1. The molecule has 22 heavy (non-hydrogen) atoms. The summed E-state index contributed by atoms with van der Waals surface area (Å²) < 4.78 is 28.2. The first-order chi connectivity index (χ1) is 10.1. The fourth-order valence-electron chi connectivity index (χ4n) is 1.77. The van der Waals surface area contributed by atoms with E-state index in [0.29, 0.717) is 0 Å². The lowest BCUT2D eigenvalue weighted by molar-refractivity contribution is -0.117. The first-order valence-electron chi connectivity index (χ1n) is 5.92. The van der Waals surface area contributed by atoms with E-state index >= 15 is 0 Å². The molecule has 1 aliphatic rings. The number of halogens is 4. The molecular weight excluding hydrogens is 392 g/mol. The van der Waals surface area contributed by atoms with Crippen LogP contribution in [0.5, 0.6) is 0 Å². The van der Waals surface area contributed by atoms with Crippen LogP contribution in [0.3, 0.4) is 0 Å². The van der Waals surface area contributed by atoms with Crippen molar-refractivity contribution in [2.45, 2.75) is 22.1 Å². The quantitative estimate of drug-likeness (QED) is 0.711. The highest BCUT2D eigenvalue weighted by Crippen LogP contribution is 2.39. The Morgan fingerprint density at radius 2 is 1.68 bits per heavy atom. The van der Waals surface area contributed by atoms with Crippen LogP contribution in [0.2, 0.25) is 0 Å². The summed E-state index contributed by atoms with van der Waals surface area (Å²) >= 11 is 23.9. The minimum atomic E-state index is -4.06. The molecule has 0 saturated carbocycles. The molecule has 2 rings (SSSR count). The molecule has 0 unspecified atom stereocenters. The summed E-state index contributed by atoms with van der Waals surface area (Å²) in [7, 11) is -4.06. The largest absolute Gasteiger partial charge is 0.291 e. The maximum Gasteiger partial charge on any atom is 0.282 e. The number of hydrogen-bond acceptors (Lipinski definition) is 3. The van der Waals surface area contributed by atoms with Gasteiger partial charge in [-0.15, -0.1) is 23.2 Å². The fourth-order valence-corrected chi connectivity index (χ4v) is 4.03. The van der Waals surface area contributed by atoms with E-state index in [0.717, 1.165) is 0 Å². The summed E-state index contributed by atoms with van der Waals surface area (Å²) in [6.07, 6.45) is 0. The maximum atomic E-state index is 12.3. The molecule has 0 N–H and O–H groups in total. The van der Waals surface area contributed by atoms with Crippen molar-refractivity contribution in [2.24, 2.45) is 4.40 Å². The van der Waals surface area contributed by atoms with E-state index in [1.54, 1.807) is 18.2 Å². The molecule has 0 amide bonds. The highest BCUT2D eigenvalue weighted by atomic mass is 35.5. The van der Waals surface area contributed by atoms with E-state index in [9.17, 15) is 13.2 Å². The molecule has 0 aromatic heterocycles. The average molecular weight is 401 g/mol. The predicted octanol–water partition coefficient (Wildman–Crippen LogP) is 3.69. The number of nitrogens with zero attached hydrogens (tertiary/aromatic N) is 1. The molecule has 1 aromatic rings. The molecule has 0 aliphatic heterocycles. The normalized spacial score (nSPS) is 28.3. The van der Waals surface area contributed by atoms with Crippen LogP contribution < -0.4 is 0 Å². The van der Waals surface area contributed by atoms with E-state index in [-0.39, 0.29) is 15.6 Å². The number of benzene rings is 1. The van der Waals surface area contributed by atoms with E-state index in [2.05, 4.69) is 4.40 Å². The van der Waals surface area contributed by atoms with Gasteiger partial charge >= 0.3 is 0 Å². The molecule has 4 nitrogen and oxygen atoms in total. The van der Waals surface area contributed by atoms with Crippen molar-refractivity contribution in [2.75, 3.05) is 0 Å². The first kappa shape index (κ1) is 17.8. The van der Waals surface area contributed by atoms with Gasteiger partial charge in [0.15, 0.2) is 5.78 Å². The average Bonchev–Trinajstić information content (AvgIpc) is 2.49. The highest BCUT2D eigenvalue weighted by Gasteiger charge is 2.49. The zero-order valence-corrected chi connectivity index (χ0v) is 14.9. The maximum absolute atomic E-state index is 12.3. The third-order valence-corrected chi connectivity index (χ3v) is 6.33. The van der Waals surface area contributed by atoms with Gasteiger partial charge < -0.3 is 0 Å². The van der Waals surface area contributed by atoms with Gasteiger partial charge in [-0.05, 0) is 19.1 Å². The summed E-state index contributed by atoms with van der Waals surface area (Å²) in [6.45, 7) is 1.32. The number of sulfonamides is 1.